The van der Waals surface area contributed by atoms with Crippen LogP contribution in [0.1, 0.15) is 13.8 Å². The molecule has 0 amide bonds. The van der Waals surface area contributed by atoms with Gasteiger partial charge in [0, 0.05) is 18.7 Å². The predicted octanol–water partition coefficient (Wildman–Crippen LogP) is 0.972. The zero-order chi connectivity index (χ0) is 9.84. The zero-order valence-electron chi connectivity index (χ0n) is 7.78. The molecule has 0 fully saturated rings. The second-order valence-corrected chi connectivity index (χ2v) is 2.56. The minimum Gasteiger partial charge on any atom is -0.494 e. The van der Waals surface area contributed by atoms with Gasteiger partial charge in [-0.05, 0) is 13.8 Å². The van der Waals surface area contributed by atoms with Crippen molar-refractivity contribution in [3.8, 4) is 11.6 Å². The lowest BCUT2D eigenvalue weighted by molar-refractivity contribution is 0.331. The summed E-state index contributed by atoms with van der Waals surface area (Å²) in [5.41, 5.74) is -0.244. The number of aromatic hydroxyl groups is 1. The van der Waals surface area contributed by atoms with E-state index in [4.69, 9.17) is 4.74 Å². The fourth-order valence-electron chi connectivity index (χ4n) is 1.13. The molecule has 0 aliphatic carbocycles. The molecular formula is C9H13NO3. The van der Waals surface area contributed by atoms with Crippen molar-refractivity contribution in [3.63, 3.8) is 0 Å². The Morgan fingerprint density at radius 3 is 2.62 bits per heavy atom. The molecular weight excluding hydrogens is 170 g/mol. The summed E-state index contributed by atoms with van der Waals surface area (Å²) in [6, 6.07) is 2.81. The van der Waals surface area contributed by atoms with Gasteiger partial charge in [-0.15, -0.1) is 0 Å². The van der Waals surface area contributed by atoms with Crippen molar-refractivity contribution in [2.75, 3.05) is 6.61 Å². The van der Waals surface area contributed by atoms with E-state index in [1.807, 2.05) is 6.92 Å². The molecule has 0 unspecified atom stereocenters. The van der Waals surface area contributed by atoms with E-state index in [1.165, 1.54) is 16.7 Å². The standard InChI is InChI=1S/C9H13NO3/c1-3-10-8(11)5-7(13-4-2)6-9(10)12/h5-6,11H,3-4H2,1-2H3. The first-order chi connectivity index (χ1) is 6.19. The summed E-state index contributed by atoms with van der Waals surface area (Å²) in [7, 11) is 0. The van der Waals surface area contributed by atoms with Crippen LogP contribution in [0.15, 0.2) is 16.9 Å². The SMILES string of the molecule is CCOc1cc(O)n(CC)c(=O)c1. The first-order valence-corrected chi connectivity index (χ1v) is 4.25. The number of ether oxygens (including phenoxy) is 1. The van der Waals surface area contributed by atoms with Crippen LogP contribution in [0.2, 0.25) is 0 Å². The van der Waals surface area contributed by atoms with Gasteiger partial charge in [0.05, 0.1) is 6.61 Å². The number of nitrogens with zero attached hydrogens (tertiary/aromatic N) is 1. The molecule has 1 aromatic heterocycles. The maximum absolute atomic E-state index is 11.3. The van der Waals surface area contributed by atoms with Crippen LogP contribution in [0.3, 0.4) is 0 Å². The van der Waals surface area contributed by atoms with Gasteiger partial charge in [0.25, 0.3) is 5.56 Å². The van der Waals surface area contributed by atoms with E-state index in [0.717, 1.165) is 0 Å². The fraction of sp³-hybridized carbons (Fsp3) is 0.444. The third-order valence-corrected chi connectivity index (χ3v) is 1.71. The largest absolute Gasteiger partial charge is 0.494 e. The van der Waals surface area contributed by atoms with E-state index < -0.39 is 0 Å². The first-order valence-electron chi connectivity index (χ1n) is 4.25. The maximum atomic E-state index is 11.3. The molecule has 0 aromatic carbocycles. The van der Waals surface area contributed by atoms with Crippen molar-refractivity contribution in [1.29, 1.82) is 0 Å². The Kier molecular flexibility index (Phi) is 2.95. The number of rotatable bonds is 3. The van der Waals surface area contributed by atoms with E-state index in [1.54, 1.807) is 6.92 Å². The van der Waals surface area contributed by atoms with Crippen molar-refractivity contribution < 1.29 is 9.84 Å². The molecule has 1 N–H and O–H groups in total. The van der Waals surface area contributed by atoms with E-state index in [0.29, 0.717) is 18.9 Å². The molecule has 0 radical (unpaired) electrons. The Labute approximate surface area is 76.4 Å². The summed E-state index contributed by atoms with van der Waals surface area (Å²) in [5, 5.41) is 9.38. The normalized spacial score (nSPS) is 10.0. The van der Waals surface area contributed by atoms with Crippen LogP contribution in [0.25, 0.3) is 0 Å². The summed E-state index contributed by atoms with van der Waals surface area (Å²) in [6.07, 6.45) is 0. The van der Waals surface area contributed by atoms with Gasteiger partial charge in [0.1, 0.15) is 5.75 Å². The fourth-order valence-corrected chi connectivity index (χ4v) is 1.13. The predicted molar refractivity (Wildman–Crippen MR) is 49.2 cm³/mol. The van der Waals surface area contributed by atoms with Crippen molar-refractivity contribution in [3.05, 3.63) is 22.5 Å². The second-order valence-electron chi connectivity index (χ2n) is 2.56. The highest BCUT2D eigenvalue weighted by Gasteiger charge is 2.03. The molecule has 0 aliphatic heterocycles. The summed E-state index contributed by atoms with van der Waals surface area (Å²) in [5.74, 6) is 0.355. The van der Waals surface area contributed by atoms with E-state index in [2.05, 4.69) is 0 Å². The van der Waals surface area contributed by atoms with Gasteiger partial charge < -0.3 is 9.84 Å². The van der Waals surface area contributed by atoms with Crippen LogP contribution in [0.5, 0.6) is 11.6 Å². The minimum atomic E-state index is -0.244. The summed E-state index contributed by atoms with van der Waals surface area (Å²) in [4.78, 5) is 11.3. The van der Waals surface area contributed by atoms with E-state index in [-0.39, 0.29) is 11.4 Å². The highest BCUT2D eigenvalue weighted by atomic mass is 16.5. The molecule has 0 saturated heterocycles. The molecule has 72 valence electrons. The van der Waals surface area contributed by atoms with Gasteiger partial charge in [0.2, 0.25) is 0 Å². The van der Waals surface area contributed by atoms with Crippen LogP contribution in [0.4, 0.5) is 0 Å². The maximum Gasteiger partial charge on any atom is 0.257 e. The van der Waals surface area contributed by atoms with Crippen LogP contribution in [-0.4, -0.2) is 16.3 Å². The second kappa shape index (κ2) is 3.98. The Morgan fingerprint density at radius 2 is 2.15 bits per heavy atom. The molecule has 1 heterocycles. The van der Waals surface area contributed by atoms with Crippen molar-refractivity contribution in [2.24, 2.45) is 0 Å². The van der Waals surface area contributed by atoms with E-state index in [9.17, 15) is 9.90 Å². The Balaban J connectivity index is 3.13. The number of hydrogen-bond donors (Lipinski definition) is 1. The first kappa shape index (κ1) is 9.64. The molecule has 1 rings (SSSR count). The third-order valence-electron chi connectivity index (χ3n) is 1.71. The lowest BCUT2D eigenvalue weighted by Gasteiger charge is -2.07. The minimum absolute atomic E-state index is 0.0570. The quantitative estimate of drug-likeness (QED) is 0.759. The Bertz CT molecular complexity index is 343. The van der Waals surface area contributed by atoms with Crippen LogP contribution in [-0.2, 0) is 6.54 Å². The van der Waals surface area contributed by atoms with Crippen molar-refractivity contribution >= 4 is 0 Å². The van der Waals surface area contributed by atoms with Crippen LogP contribution >= 0.6 is 0 Å². The zero-order valence-corrected chi connectivity index (χ0v) is 7.78. The third kappa shape index (κ3) is 2.02. The van der Waals surface area contributed by atoms with E-state index >= 15 is 0 Å². The molecule has 4 heteroatoms. The lowest BCUT2D eigenvalue weighted by Crippen LogP contribution is -2.18. The lowest BCUT2D eigenvalue weighted by atomic mass is 10.4. The van der Waals surface area contributed by atoms with Gasteiger partial charge in [-0.2, -0.15) is 0 Å². The van der Waals surface area contributed by atoms with Crippen molar-refractivity contribution in [2.45, 2.75) is 20.4 Å². The van der Waals surface area contributed by atoms with Crippen LogP contribution < -0.4 is 10.3 Å². The molecule has 0 aliphatic rings. The Hall–Kier alpha value is -1.45. The smallest absolute Gasteiger partial charge is 0.257 e. The highest BCUT2D eigenvalue weighted by Crippen LogP contribution is 2.14. The van der Waals surface area contributed by atoms with Gasteiger partial charge in [-0.1, -0.05) is 0 Å². The Morgan fingerprint density at radius 1 is 1.46 bits per heavy atom. The van der Waals surface area contributed by atoms with Gasteiger partial charge in [-0.25, -0.2) is 0 Å². The summed E-state index contributed by atoms with van der Waals surface area (Å²) >= 11 is 0. The number of aromatic nitrogens is 1. The average Bonchev–Trinajstić information content (AvgIpc) is 2.04. The molecule has 4 nitrogen and oxygen atoms in total. The molecule has 1 aromatic rings. The number of pyridine rings is 1. The van der Waals surface area contributed by atoms with Crippen LogP contribution in [0, 0.1) is 0 Å². The van der Waals surface area contributed by atoms with Gasteiger partial charge >= 0.3 is 0 Å². The molecule has 13 heavy (non-hydrogen) atoms. The molecule has 0 spiro atoms. The molecule has 0 atom stereocenters. The van der Waals surface area contributed by atoms with Crippen molar-refractivity contribution in [1.82, 2.24) is 4.57 Å². The van der Waals surface area contributed by atoms with Gasteiger partial charge in [-0.3, -0.25) is 9.36 Å². The molecule has 0 bridgehead atoms. The summed E-state index contributed by atoms with van der Waals surface area (Å²) < 4.78 is 6.36. The van der Waals surface area contributed by atoms with Gasteiger partial charge in [0.15, 0.2) is 5.88 Å². The number of hydrogen-bond acceptors (Lipinski definition) is 3. The average molecular weight is 183 g/mol. The monoisotopic (exact) mass is 183 g/mol. The summed E-state index contributed by atoms with van der Waals surface area (Å²) in [6.45, 7) is 4.55. The highest BCUT2D eigenvalue weighted by molar-refractivity contribution is 5.26. The topological polar surface area (TPSA) is 51.5 Å². The molecule has 0 saturated carbocycles.